The molecule has 0 aromatic heterocycles. The van der Waals surface area contributed by atoms with Crippen LogP contribution >= 0.6 is 0 Å². The number of carbonyl (C=O) groups excluding carboxylic acids is 2. The number of nitrogens with one attached hydrogen (secondary N) is 2. The van der Waals surface area contributed by atoms with Gasteiger partial charge >= 0.3 is 0 Å². The summed E-state index contributed by atoms with van der Waals surface area (Å²) in [6.45, 7) is 4.68. The third kappa shape index (κ3) is 8.10. The highest BCUT2D eigenvalue weighted by atomic mass is 16.2. The molecular weight excluding hydrogens is 464 g/mol. The quantitative estimate of drug-likeness (QED) is 0.516. The SMILES string of the molecule is CN(C)[C@H]1CCN(CC(=O)Nc2ccc(Cc3ccc(NC(=O)CN4CC[C@H](N(C)C)C4)cc3)cc2)C1. The van der Waals surface area contributed by atoms with Gasteiger partial charge in [-0.05, 0) is 82.8 Å². The predicted molar refractivity (Wildman–Crippen MR) is 150 cm³/mol. The summed E-state index contributed by atoms with van der Waals surface area (Å²) < 4.78 is 0. The molecule has 0 aliphatic carbocycles. The van der Waals surface area contributed by atoms with Crippen LogP contribution in [0.4, 0.5) is 11.4 Å². The Bertz CT molecular complexity index is 954. The minimum atomic E-state index is 0.0343. The van der Waals surface area contributed by atoms with Crippen molar-refractivity contribution >= 4 is 23.2 Å². The van der Waals surface area contributed by atoms with E-state index >= 15 is 0 Å². The van der Waals surface area contributed by atoms with E-state index in [9.17, 15) is 9.59 Å². The molecule has 0 bridgehead atoms. The predicted octanol–water partition coefficient (Wildman–Crippen LogP) is 2.43. The summed E-state index contributed by atoms with van der Waals surface area (Å²) in [4.78, 5) is 33.8. The molecule has 2 atom stereocenters. The minimum absolute atomic E-state index is 0.0343. The Labute approximate surface area is 221 Å². The lowest BCUT2D eigenvalue weighted by atomic mass is 10.0. The fourth-order valence-corrected chi connectivity index (χ4v) is 5.21. The summed E-state index contributed by atoms with van der Waals surface area (Å²) in [6.07, 6.45) is 3.01. The van der Waals surface area contributed by atoms with E-state index in [4.69, 9.17) is 0 Å². The molecule has 2 heterocycles. The third-order valence-corrected chi connectivity index (χ3v) is 7.57. The molecule has 2 aromatic rings. The van der Waals surface area contributed by atoms with Crippen LogP contribution in [-0.2, 0) is 16.0 Å². The first-order valence-corrected chi connectivity index (χ1v) is 13.3. The van der Waals surface area contributed by atoms with Gasteiger partial charge < -0.3 is 20.4 Å². The maximum Gasteiger partial charge on any atom is 0.238 e. The summed E-state index contributed by atoms with van der Waals surface area (Å²) in [5.74, 6) is 0.0686. The number of carbonyl (C=O) groups is 2. The van der Waals surface area contributed by atoms with Crippen LogP contribution in [0.15, 0.2) is 48.5 Å². The van der Waals surface area contributed by atoms with Gasteiger partial charge in [0.15, 0.2) is 0 Å². The van der Waals surface area contributed by atoms with Crippen molar-refractivity contribution in [3.8, 4) is 0 Å². The van der Waals surface area contributed by atoms with Crippen molar-refractivity contribution in [3.05, 3.63) is 59.7 Å². The van der Waals surface area contributed by atoms with Crippen molar-refractivity contribution in [2.45, 2.75) is 31.3 Å². The zero-order valence-corrected chi connectivity index (χ0v) is 22.7. The van der Waals surface area contributed by atoms with E-state index < -0.39 is 0 Å². The Hall–Kier alpha value is -2.78. The van der Waals surface area contributed by atoms with Crippen LogP contribution in [0.5, 0.6) is 0 Å². The van der Waals surface area contributed by atoms with E-state index in [0.29, 0.717) is 25.2 Å². The molecule has 2 aromatic carbocycles. The number of likely N-dealkylation sites (N-methyl/N-ethyl adjacent to an activating group) is 2. The van der Waals surface area contributed by atoms with Gasteiger partial charge in [-0.15, -0.1) is 0 Å². The molecule has 0 unspecified atom stereocenters. The number of likely N-dealkylation sites (tertiary alicyclic amines) is 2. The molecule has 4 rings (SSSR count). The van der Waals surface area contributed by atoms with Crippen LogP contribution in [0.3, 0.4) is 0 Å². The topological polar surface area (TPSA) is 71.2 Å². The van der Waals surface area contributed by atoms with Gasteiger partial charge in [0.25, 0.3) is 0 Å². The number of rotatable bonds is 10. The van der Waals surface area contributed by atoms with Gasteiger partial charge in [-0.2, -0.15) is 0 Å². The van der Waals surface area contributed by atoms with Crippen molar-refractivity contribution in [3.63, 3.8) is 0 Å². The summed E-state index contributed by atoms with van der Waals surface area (Å²) in [5, 5.41) is 6.05. The fraction of sp³-hybridized carbons (Fsp3) is 0.517. The van der Waals surface area contributed by atoms with Crippen molar-refractivity contribution in [1.29, 1.82) is 0 Å². The van der Waals surface area contributed by atoms with Crippen molar-refractivity contribution in [2.24, 2.45) is 0 Å². The lowest BCUT2D eigenvalue weighted by Gasteiger charge is -2.20. The molecule has 2 saturated heterocycles. The molecule has 0 saturated carbocycles. The average molecular weight is 507 g/mol. The van der Waals surface area contributed by atoms with Crippen LogP contribution in [0, 0.1) is 0 Å². The zero-order chi connectivity index (χ0) is 26.4. The van der Waals surface area contributed by atoms with Crippen molar-refractivity contribution < 1.29 is 9.59 Å². The highest BCUT2D eigenvalue weighted by Crippen LogP contribution is 2.18. The molecule has 8 nitrogen and oxygen atoms in total. The third-order valence-electron chi connectivity index (χ3n) is 7.57. The largest absolute Gasteiger partial charge is 0.325 e. The summed E-state index contributed by atoms with van der Waals surface area (Å²) in [7, 11) is 8.38. The van der Waals surface area contributed by atoms with E-state index in [1.165, 1.54) is 11.1 Å². The molecule has 2 fully saturated rings. The number of amides is 2. The molecule has 37 heavy (non-hydrogen) atoms. The van der Waals surface area contributed by atoms with Gasteiger partial charge in [0.2, 0.25) is 11.8 Å². The molecule has 2 N–H and O–H groups in total. The molecule has 0 radical (unpaired) electrons. The minimum Gasteiger partial charge on any atom is -0.325 e. The standard InChI is InChI=1S/C29H42N6O2/c1-32(2)26-13-15-34(18-26)20-28(36)30-24-9-5-22(6-10-24)17-23-7-11-25(12-8-23)31-29(37)21-35-16-14-27(19-35)33(3)4/h5-12,26-27H,13-21H2,1-4H3,(H,30,36)(H,31,37)/t26-,27-/m0/s1. The van der Waals surface area contributed by atoms with Crippen molar-refractivity contribution in [1.82, 2.24) is 19.6 Å². The smallest absolute Gasteiger partial charge is 0.238 e. The molecule has 2 amide bonds. The number of anilines is 2. The van der Waals surface area contributed by atoms with Gasteiger partial charge in [-0.1, -0.05) is 24.3 Å². The van der Waals surface area contributed by atoms with Gasteiger partial charge in [0.1, 0.15) is 0 Å². The molecule has 0 spiro atoms. The van der Waals surface area contributed by atoms with E-state index in [1.807, 2.05) is 24.3 Å². The average Bonchev–Trinajstić information content (AvgIpc) is 3.51. The number of benzene rings is 2. The van der Waals surface area contributed by atoms with E-state index in [0.717, 1.165) is 56.8 Å². The molecule has 2 aliphatic rings. The molecule has 2 aliphatic heterocycles. The first-order valence-electron chi connectivity index (χ1n) is 13.3. The van der Waals surface area contributed by atoms with Crippen LogP contribution < -0.4 is 10.6 Å². The normalized spacial score (nSPS) is 20.6. The second-order valence-corrected chi connectivity index (χ2v) is 10.9. The van der Waals surface area contributed by atoms with Crippen LogP contribution in [-0.4, -0.2) is 111 Å². The zero-order valence-electron chi connectivity index (χ0n) is 22.7. The van der Waals surface area contributed by atoms with Crippen LogP contribution in [0.25, 0.3) is 0 Å². The second kappa shape index (κ2) is 12.6. The van der Waals surface area contributed by atoms with Gasteiger partial charge in [0, 0.05) is 49.6 Å². The molecule has 8 heteroatoms. The van der Waals surface area contributed by atoms with Crippen LogP contribution in [0.1, 0.15) is 24.0 Å². The first-order chi connectivity index (χ1) is 17.7. The van der Waals surface area contributed by atoms with Crippen LogP contribution in [0.2, 0.25) is 0 Å². The summed E-state index contributed by atoms with van der Waals surface area (Å²) in [6, 6.07) is 17.1. The van der Waals surface area contributed by atoms with Gasteiger partial charge in [-0.25, -0.2) is 0 Å². The highest BCUT2D eigenvalue weighted by molar-refractivity contribution is 5.92. The Balaban J connectivity index is 1.20. The molecule has 200 valence electrons. The first kappa shape index (κ1) is 27.3. The number of hydrogen-bond donors (Lipinski definition) is 2. The monoisotopic (exact) mass is 506 g/mol. The van der Waals surface area contributed by atoms with Gasteiger partial charge in [0.05, 0.1) is 13.1 Å². The van der Waals surface area contributed by atoms with E-state index in [-0.39, 0.29) is 11.8 Å². The fourth-order valence-electron chi connectivity index (χ4n) is 5.21. The number of nitrogens with zero attached hydrogens (tertiary/aromatic N) is 4. The lowest BCUT2D eigenvalue weighted by molar-refractivity contribution is -0.117. The summed E-state index contributed by atoms with van der Waals surface area (Å²) in [5.41, 5.74) is 4.00. The number of hydrogen-bond acceptors (Lipinski definition) is 6. The Morgan fingerprint density at radius 3 is 1.41 bits per heavy atom. The Morgan fingerprint density at radius 1 is 0.703 bits per heavy atom. The maximum atomic E-state index is 12.5. The van der Waals surface area contributed by atoms with E-state index in [2.05, 4.69) is 82.7 Å². The van der Waals surface area contributed by atoms with Crippen molar-refractivity contribution in [2.75, 3.05) is 78.1 Å². The van der Waals surface area contributed by atoms with Gasteiger partial charge in [-0.3, -0.25) is 19.4 Å². The molecular formula is C29H42N6O2. The van der Waals surface area contributed by atoms with E-state index in [1.54, 1.807) is 0 Å². The Morgan fingerprint density at radius 2 is 1.08 bits per heavy atom. The lowest BCUT2D eigenvalue weighted by Crippen LogP contribution is -2.35. The second-order valence-electron chi connectivity index (χ2n) is 10.9. The summed E-state index contributed by atoms with van der Waals surface area (Å²) >= 11 is 0. The highest BCUT2D eigenvalue weighted by Gasteiger charge is 2.26. The Kier molecular flexibility index (Phi) is 9.32. The maximum absolute atomic E-state index is 12.5.